The summed E-state index contributed by atoms with van der Waals surface area (Å²) >= 11 is 0. The number of tetrazole rings is 1. The molecule has 2 rings (SSSR count). The third kappa shape index (κ3) is 2.97. The first-order valence-corrected chi connectivity index (χ1v) is 4.93. The number of aliphatic hydroxyl groups excluding tert-OH is 1. The van der Waals surface area contributed by atoms with Crippen LogP contribution in [0.5, 0.6) is 5.75 Å². The fraction of sp³-hybridized carbons (Fsp3) is 0.300. The van der Waals surface area contributed by atoms with Crippen molar-refractivity contribution in [3.63, 3.8) is 0 Å². The van der Waals surface area contributed by atoms with E-state index in [-0.39, 0.29) is 13.2 Å². The lowest BCUT2D eigenvalue weighted by atomic mass is 10.2. The molecule has 1 N–H and O–H groups in total. The van der Waals surface area contributed by atoms with Crippen LogP contribution in [-0.4, -0.2) is 25.3 Å². The number of nitrogens with zero attached hydrogens (tertiary/aromatic N) is 4. The van der Waals surface area contributed by atoms with Crippen molar-refractivity contribution >= 4 is 0 Å². The quantitative estimate of drug-likeness (QED) is 0.835. The van der Waals surface area contributed by atoms with Gasteiger partial charge >= 0.3 is 0 Å². The minimum Gasteiger partial charge on any atom is -0.485 e. The van der Waals surface area contributed by atoms with Crippen LogP contribution in [-0.2, 0) is 20.3 Å². The van der Waals surface area contributed by atoms with Gasteiger partial charge in [0.1, 0.15) is 11.6 Å². The summed E-state index contributed by atoms with van der Waals surface area (Å²) < 4.78 is 18.4. The van der Waals surface area contributed by atoms with Crippen LogP contribution in [0.1, 0.15) is 11.4 Å². The first-order valence-electron chi connectivity index (χ1n) is 4.93. The van der Waals surface area contributed by atoms with Gasteiger partial charge < -0.3 is 9.84 Å². The van der Waals surface area contributed by atoms with Crippen molar-refractivity contribution in [3.8, 4) is 5.75 Å². The highest BCUT2D eigenvalue weighted by Crippen LogP contribution is 2.17. The number of benzene rings is 1. The average molecular weight is 238 g/mol. The van der Waals surface area contributed by atoms with Gasteiger partial charge in [0.15, 0.2) is 6.61 Å². The van der Waals surface area contributed by atoms with Crippen LogP contribution in [0.4, 0.5) is 4.39 Å². The largest absolute Gasteiger partial charge is 0.485 e. The lowest BCUT2D eigenvalue weighted by Crippen LogP contribution is -2.00. The molecule has 0 radical (unpaired) electrons. The highest BCUT2D eigenvalue weighted by Gasteiger charge is 2.04. The molecule has 1 aromatic heterocycles. The van der Waals surface area contributed by atoms with E-state index < -0.39 is 5.82 Å². The molecule has 0 atom stereocenters. The van der Waals surface area contributed by atoms with Crippen LogP contribution in [0.25, 0.3) is 0 Å². The van der Waals surface area contributed by atoms with Gasteiger partial charge in [0.25, 0.3) is 0 Å². The van der Waals surface area contributed by atoms with Crippen LogP contribution < -0.4 is 4.74 Å². The monoisotopic (exact) mass is 238 g/mol. The maximum Gasteiger partial charge on any atom is 0.212 e. The fourth-order valence-electron chi connectivity index (χ4n) is 1.32. The zero-order chi connectivity index (χ0) is 12.3. The molecule has 90 valence electrons. The van der Waals surface area contributed by atoms with Gasteiger partial charge in [0.2, 0.25) is 5.82 Å². The molecule has 0 saturated carbocycles. The molecule has 0 aliphatic carbocycles. The molecule has 0 unspecified atom stereocenters. The van der Waals surface area contributed by atoms with Gasteiger partial charge in [-0.15, -0.1) is 10.2 Å². The van der Waals surface area contributed by atoms with Gasteiger partial charge in [-0.1, -0.05) is 0 Å². The maximum absolute atomic E-state index is 13.1. The summed E-state index contributed by atoms with van der Waals surface area (Å²) in [4.78, 5) is 1.31. The zero-order valence-corrected chi connectivity index (χ0v) is 9.17. The molecule has 0 spiro atoms. The molecule has 2 aromatic rings. The van der Waals surface area contributed by atoms with Crippen LogP contribution in [0.3, 0.4) is 0 Å². The Morgan fingerprint density at radius 1 is 1.41 bits per heavy atom. The maximum atomic E-state index is 13.1. The van der Waals surface area contributed by atoms with E-state index in [4.69, 9.17) is 9.84 Å². The zero-order valence-electron chi connectivity index (χ0n) is 9.17. The van der Waals surface area contributed by atoms with Gasteiger partial charge in [-0.2, -0.15) is 4.80 Å². The highest BCUT2D eigenvalue weighted by atomic mass is 19.1. The number of aromatic nitrogens is 4. The van der Waals surface area contributed by atoms with Gasteiger partial charge in [-0.05, 0) is 22.9 Å². The Bertz CT molecular complexity index is 515. The second-order valence-electron chi connectivity index (χ2n) is 3.44. The Hall–Kier alpha value is -2.02. The minimum absolute atomic E-state index is 0.0994. The number of hydrogen-bond acceptors (Lipinski definition) is 5. The van der Waals surface area contributed by atoms with Crippen molar-refractivity contribution < 1.29 is 14.2 Å². The van der Waals surface area contributed by atoms with Crippen molar-refractivity contribution in [1.29, 1.82) is 0 Å². The summed E-state index contributed by atoms with van der Waals surface area (Å²) in [6.45, 7) is -0.139. The van der Waals surface area contributed by atoms with Crippen LogP contribution in [0, 0.1) is 5.82 Å². The Morgan fingerprint density at radius 2 is 2.24 bits per heavy atom. The van der Waals surface area contributed by atoms with E-state index in [2.05, 4.69) is 15.4 Å². The number of ether oxygens (including phenoxy) is 1. The van der Waals surface area contributed by atoms with Crippen molar-refractivity contribution in [2.45, 2.75) is 13.2 Å². The summed E-state index contributed by atoms with van der Waals surface area (Å²) in [5.74, 6) is 0.266. The van der Waals surface area contributed by atoms with Crippen LogP contribution in [0.15, 0.2) is 18.2 Å². The molecule has 0 bridgehead atoms. The van der Waals surface area contributed by atoms with Crippen LogP contribution >= 0.6 is 0 Å². The molecular weight excluding hydrogens is 227 g/mol. The standard InChI is InChI=1S/C10H11FN4O2/c1-15-13-10(12-14-15)6-17-9-3-7(5-16)2-8(11)4-9/h2-4,16H,5-6H2,1H3. The van der Waals surface area contributed by atoms with Crippen molar-refractivity contribution in [3.05, 3.63) is 35.4 Å². The molecule has 0 saturated heterocycles. The van der Waals surface area contributed by atoms with Gasteiger partial charge in [-0.3, -0.25) is 0 Å². The Balaban J connectivity index is 2.05. The molecule has 1 heterocycles. The number of halogens is 1. The van der Waals surface area contributed by atoms with Crippen molar-refractivity contribution in [2.24, 2.45) is 7.05 Å². The smallest absolute Gasteiger partial charge is 0.212 e. The first-order chi connectivity index (χ1) is 8.17. The Morgan fingerprint density at radius 3 is 2.88 bits per heavy atom. The number of rotatable bonds is 4. The normalized spacial score (nSPS) is 10.5. The van der Waals surface area contributed by atoms with E-state index in [1.54, 1.807) is 13.1 Å². The van der Waals surface area contributed by atoms with E-state index in [9.17, 15) is 4.39 Å². The minimum atomic E-state index is -0.460. The molecule has 0 amide bonds. The summed E-state index contributed by atoms with van der Waals surface area (Å²) in [7, 11) is 1.64. The predicted molar refractivity (Wildman–Crippen MR) is 55.5 cm³/mol. The molecule has 0 aliphatic heterocycles. The first kappa shape index (κ1) is 11.5. The van der Waals surface area contributed by atoms with E-state index in [1.165, 1.54) is 16.9 Å². The molecular formula is C10H11FN4O2. The fourth-order valence-corrected chi connectivity index (χ4v) is 1.32. The Kier molecular flexibility index (Phi) is 3.29. The van der Waals surface area contributed by atoms with Crippen LogP contribution in [0.2, 0.25) is 0 Å². The highest BCUT2D eigenvalue weighted by molar-refractivity contribution is 5.29. The lowest BCUT2D eigenvalue weighted by Gasteiger charge is -2.05. The molecule has 17 heavy (non-hydrogen) atoms. The second-order valence-corrected chi connectivity index (χ2v) is 3.44. The summed E-state index contributed by atoms with van der Waals surface area (Å²) in [6.07, 6.45) is 0. The molecule has 1 aromatic carbocycles. The van der Waals surface area contributed by atoms with E-state index in [0.29, 0.717) is 17.1 Å². The molecule has 6 nitrogen and oxygen atoms in total. The van der Waals surface area contributed by atoms with Gasteiger partial charge in [0, 0.05) is 6.07 Å². The summed E-state index contributed by atoms with van der Waals surface area (Å²) in [5, 5.41) is 20.2. The molecule has 0 aliphatic rings. The molecule has 7 heteroatoms. The SMILES string of the molecule is Cn1nnc(COc2cc(F)cc(CO)c2)n1. The van der Waals surface area contributed by atoms with Crippen molar-refractivity contribution in [2.75, 3.05) is 0 Å². The van der Waals surface area contributed by atoms with Gasteiger partial charge in [-0.25, -0.2) is 4.39 Å². The predicted octanol–water partition coefficient (Wildman–Crippen LogP) is 0.420. The average Bonchev–Trinajstić information content (AvgIpc) is 2.72. The van der Waals surface area contributed by atoms with Gasteiger partial charge in [0.05, 0.1) is 13.7 Å². The van der Waals surface area contributed by atoms with E-state index >= 15 is 0 Å². The van der Waals surface area contributed by atoms with E-state index in [0.717, 1.165) is 0 Å². The summed E-state index contributed by atoms with van der Waals surface area (Å²) in [5.41, 5.74) is 0.451. The topological polar surface area (TPSA) is 73.1 Å². The summed E-state index contributed by atoms with van der Waals surface area (Å²) in [6, 6.07) is 4.03. The third-order valence-corrected chi connectivity index (χ3v) is 2.03. The van der Waals surface area contributed by atoms with Crippen molar-refractivity contribution in [1.82, 2.24) is 20.2 Å². The molecule has 0 fully saturated rings. The number of aliphatic hydroxyl groups is 1. The second kappa shape index (κ2) is 4.88. The number of hydrogen-bond donors (Lipinski definition) is 1. The number of aryl methyl sites for hydroxylation is 1. The lowest BCUT2D eigenvalue weighted by molar-refractivity contribution is 0.274. The van der Waals surface area contributed by atoms with E-state index in [1.807, 2.05) is 0 Å². The third-order valence-electron chi connectivity index (χ3n) is 2.03. The Labute approximate surface area is 96.6 Å².